The molecule has 0 atom stereocenters. The Morgan fingerprint density at radius 3 is 2.81 bits per heavy atom. The van der Waals surface area contributed by atoms with Gasteiger partial charge < -0.3 is 10.1 Å². The molecule has 1 aromatic heterocycles. The van der Waals surface area contributed by atoms with Gasteiger partial charge in [0.05, 0.1) is 6.07 Å². The molecular weight excluding hydrogens is 204 g/mol. The Kier molecular flexibility index (Phi) is 3.83. The summed E-state index contributed by atoms with van der Waals surface area (Å²) in [4.78, 5) is 17.6. The summed E-state index contributed by atoms with van der Waals surface area (Å²) < 4.78 is 0. The van der Waals surface area contributed by atoms with Crippen molar-refractivity contribution >= 4 is 5.57 Å². The van der Waals surface area contributed by atoms with Crippen molar-refractivity contribution in [2.45, 2.75) is 13.8 Å². The van der Waals surface area contributed by atoms with Gasteiger partial charge in [-0.15, -0.1) is 0 Å². The van der Waals surface area contributed by atoms with E-state index in [-0.39, 0.29) is 11.4 Å². The third-order valence-corrected chi connectivity index (χ3v) is 1.75. The lowest BCUT2D eigenvalue weighted by Crippen LogP contribution is -2.08. The van der Waals surface area contributed by atoms with E-state index in [1.807, 2.05) is 19.9 Å². The molecule has 0 amide bonds. The molecular formula is C12H14N2O2. The zero-order chi connectivity index (χ0) is 12.1. The molecule has 0 spiro atoms. The van der Waals surface area contributed by atoms with Crippen molar-refractivity contribution in [3.8, 4) is 5.88 Å². The van der Waals surface area contributed by atoms with Gasteiger partial charge in [0.15, 0.2) is 0 Å². The van der Waals surface area contributed by atoms with Gasteiger partial charge in [0.2, 0.25) is 5.88 Å². The lowest BCUT2D eigenvalue weighted by Gasteiger charge is -2.02. The first kappa shape index (κ1) is 12.0. The van der Waals surface area contributed by atoms with Gasteiger partial charge in [0.25, 0.3) is 5.56 Å². The van der Waals surface area contributed by atoms with Crippen LogP contribution in [0, 0.1) is 0 Å². The molecule has 0 bridgehead atoms. The van der Waals surface area contributed by atoms with Gasteiger partial charge >= 0.3 is 0 Å². The van der Waals surface area contributed by atoms with E-state index >= 15 is 0 Å². The third-order valence-electron chi connectivity index (χ3n) is 1.75. The quantitative estimate of drug-likeness (QED) is 0.763. The highest BCUT2D eigenvalue weighted by atomic mass is 16.3. The topological polar surface area (TPSA) is 66.0 Å². The number of hydrogen-bond donors (Lipinski definition) is 2. The van der Waals surface area contributed by atoms with Crippen LogP contribution in [0.1, 0.15) is 19.7 Å². The molecule has 2 N–H and O–H groups in total. The second-order valence-corrected chi connectivity index (χ2v) is 3.40. The van der Waals surface area contributed by atoms with Gasteiger partial charge in [-0.25, -0.2) is 0 Å². The lowest BCUT2D eigenvalue weighted by atomic mass is 10.1. The highest BCUT2D eigenvalue weighted by Gasteiger charge is 2.03. The summed E-state index contributed by atoms with van der Waals surface area (Å²) in [6.45, 7) is 7.45. The Morgan fingerprint density at radius 2 is 2.31 bits per heavy atom. The van der Waals surface area contributed by atoms with Gasteiger partial charge in [-0.2, -0.15) is 4.98 Å². The van der Waals surface area contributed by atoms with Gasteiger partial charge in [-0.05, 0) is 19.9 Å². The molecule has 0 aliphatic rings. The van der Waals surface area contributed by atoms with Gasteiger partial charge in [0, 0.05) is 5.57 Å². The van der Waals surface area contributed by atoms with Crippen LogP contribution in [0.4, 0.5) is 0 Å². The zero-order valence-electron chi connectivity index (χ0n) is 9.32. The lowest BCUT2D eigenvalue weighted by molar-refractivity contribution is 0.450. The van der Waals surface area contributed by atoms with E-state index < -0.39 is 0 Å². The Balaban J connectivity index is 3.31. The number of nitrogens with zero attached hydrogens (tertiary/aromatic N) is 1. The number of aromatic amines is 1. The fourth-order valence-electron chi connectivity index (χ4n) is 1.22. The molecule has 0 aliphatic carbocycles. The first-order valence-corrected chi connectivity index (χ1v) is 4.83. The second-order valence-electron chi connectivity index (χ2n) is 3.40. The van der Waals surface area contributed by atoms with Crippen LogP contribution in [0.5, 0.6) is 5.88 Å². The molecule has 4 heteroatoms. The van der Waals surface area contributed by atoms with Crippen molar-refractivity contribution in [1.82, 2.24) is 9.97 Å². The maximum Gasteiger partial charge on any atom is 0.254 e. The molecule has 0 aliphatic heterocycles. The number of hydrogen-bond acceptors (Lipinski definition) is 3. The summed E-state index contributed by atoms with van der Waals surface area (Å²) >= 11 is 0. The third kappa shape index (κ3) is 3.24. The molecule has 1 rings (SSSR count). The summed E-state index contributed by atoms with van der Waals surface area (Å²) in [5.41, 5.74) is 1.14. The van der Waals surface area contributed by atoms with E-state index in [2.05, 4.69) is 16.5 Å². The summed E-state index contributed by atoms with van der Waals surface area (Å²) in [6, 6.07) is 1.03. The van der Waals surface area contributed by atoms with Crippen LogP contribution in [-0.2, 0) is 0 Å². The van der Waals surface area contributed by atoms with E-state index in [1.54, 1.807) is 12.2 Å². The van der Waals surface area contributed by atoms with Crippen molar-refractivity contribution in [3.63, 3.8) is 0 Å². The van der Waals surface area contributed by atoms with Crippen molar-refractivity contribution in [3.05, 3.63) is 52.6 Å². The summed E-state index contributed by atoms with van der Waals surface area (Å²) in [5, 5.41) is 9.24. The minimum Gasteiger partial charge on any atom is -0.493 e. The van der Waals surface area contributed by atoms with Crippen molar-refractivity contribution in [1.29, 1.82) is 0 Å². The summed E-state index contributed by atoms with van der Waals surface area (Å²) in [7, 11) is 0. The van der Waals surface area contributed by atoms with E-state index in [0.717, 1.165) is 11.6 Å². The molecule has 16 heavy (non-hydrogen) atoms. The average Bonchev–Trinajstić information content (AvgIpc) is 2.14. The maximum absolute atomic E-state index is 11.2. The fourth-order valence-corrected chi connectivity index (χ4v) is 1.22. The molecule has 1 aromatic rings. The highest BCUT2D eigenvalue weighted by Crippen LogP contribution is 2.14. The molecule has 0 saturated carbocycles. The van der Waals surface area contributed by atoms with E-state index in [4.69, 9.17) is 0 Å². The van der Waals surface area contributed by atoms with Gasteiger partial charge in [-0.1, -0.05) is 24.3 Å². The van der Waals surface area contributed by atoms with Crippen LogP contribution in [-0.4, -0.2) is 15.1 Å². The normalized spacial score (nSPS) is 12.0. The van der Waals surface area contributed by atoms with Crippen molar-refractivity contribution < 1.29 is 5.11 Å². The Labute approximate surface area is 93.7 Å². The molecule has 1 heterocycles. The Bertz CT molecular complexity index is 510. The van der Waals surface area contributed by atoms with Crippen molar-refractivity contribution in [2.24, 2.45) is 0 Å². The molecule has 84 valence electrons. The van der Waals surface area contributed by atoms with Crippen molar-refractivity contribution in [2.75, 3.05) is 0 Å². The van der Waals surface area contributed by atoms with E-state index in [1.165, 1.54) is 0 Å². The molecule has 4 nitrogen and oxygen atoms in total. The van der Waals surface area contributed by atoms with Gasteiger partial charge in [0.1, 0.15) is 5.82 Å². The summed E-state index contributed by atoms with van der Waals surface area (Å²) in [5.74, 6) is 0.0296. The number of rotatable bonds is 3. The standard InChI is InChI=1S/C12H14N2O2/c1-4-5-9(6-8(2)3)12-13-10(15)7-11(16)14-12/h4-7H,2H2,1,3H3,(H2,13,14,15,16)/b5-4-,9-6+. The van der Waals surface area contributed by atoms with Crippen LogP contribution >= 0.6 is 0 Å². The van der Waals surface area contributed by atoms with Crippen LogP contribution in [0.25, 0.3) is 5.57 Å². The zero-order valence-corrected chi connectivity index (χ0v) is 9.32. The predicted molar refractivity (Wildman–Crippen MR) is 64.1 cm³/mol. The Hall–Kier alpha value is -2.10. The van der Waals surface area contributed by atoms with E-state index in [9.17, 15) is 9.90 Å². The monoisotopic (exact) mass is 218 g/mol. The fraction of sp³-hybridized carbons (Fsp3) is 0.167. The number of allylic oxidation sites excluding steroid dienone is 5. The maximum atomic E-state index is 11.2. The summed E-state index contributed by atoms with van der Waals surface area (Å²) in [6.07, 6.45) is 5.38. The largest absolute Gasteiger partial charge is 0.493 e. The number of aromatic hydroxyl groups is 1. The molecule has 0 unspecified atom stereocenters. The van der Waals surface area contributed by atoms with Crippen LogP contribution < -0.4 is 5.56 Å². The van der Waals surface area contributed by atoms with Crippen LogP contribution in [0.3, 0.4) is 0 Å². The molecule has 0 radical (unpaired) electrons. The highest BCUT2D eigenvalue weighted by molar-refractivity contribution is 5.71. The minimum atomic E-state index is -0.389. The molecule has 0 aromatic carbocycles. The smallest absolute Gasteiger partial charge is 0.254 e. The predicted octanol–water partition coefficient (Wildman–Crippen LogP) is 2.01. The second kappa shape index (κ2) is 5.11. The van der Waals surface area contributed by atoms with Crippen LogP contribution in [0.2, 0.25) is 0 Å². The van der Waals surface area contributed by atoms with Crippen LogP contribution in [0.15, 0.2) is 41.2 Å². The molecule has 0 fully saturated rings. The Morgan fingerprint density at radius 1 is 1.62 bits per heavy atom. The number of aromatic nitrogens is 2. The minimum absolute atomic E-state index is 0.295. The first-order valence-electron chi connectivity index (χ1n) is 4.83. The number of nitrogens with one attached hydrogen (secondary N) is 1. The SMILES string of the molecule is C=C(C)/C=C(\C=C/C)c1nc(O)cc(=O)[nH]1. The van der Waals surface area contributed by atoms with E-state index in [0.29, 0.717) is 11.4 Å². The number of H-pyrrole nitrogens is 1. The van der Waals surface area contributed by atoms with Gasteiger partial charge in [-0.3, -0.25) is 4.79 Å². The molecule has 0 saturated heterocycles. The first-order chi connectivity index (χ1) is 7.52. The average molecular weight is 218 g/mol.